The van der Waals surface area contributed by atoms with Crippen LogP contribution in [0.3, 0.4) is 0 Å². The molecule has 0 aliphatic carbocycles. The molecule has 0 aliphatic heterocycles. The highest BCUT2D eigenvalue weighted by Crippen LogP contribution is 2.25. The Balaban J connectivity index is 2.24. The summed E-state index contributed by atoms with van der Waals surface area (Å²) in [6.45, 7) is 0.703. The maximum atomic E-state index is 12.7. The molecule has 5 heteroatoms. The molecule has 1 N–H and O–H groups in total. The summed E-state index contributed by atoms with van der Waals surface area (Å²) < 4.78 is 10.5. The molecule has 0 saturated carbocycles. The molecule has 0 aromatic heterocycles. The summed E-state index contributed by atoms with van der Waals surface area (Å²) in [5.74, 6) is 0.963. The first-order valence-electron chi connectivity index (χ1n) is 7.77. The Labute approximate surface area is 143 Å². The minimum absolute atomic E-state index is 0.111. The lowest BCUT2D eigenvalue weighted by atomic mass is 10.1. The van der Waals surface area contributed by atoms with Crippen molar-refractivity contribution in [1.82, 2.24) is 10.2 Å². The Bertz CT molecular complexity index is 672. The van der Waals surface area contributed by atoms with Gasteiger partial charge in [-0.2, -0.15) is 0 Å². The van der Waals surface area contributed by atoms with Gasteiger partial charge in [-0.25, -0.2) is 0 Å². The Morgan fingerprint density at radius 2 is 1.79 bits per heavy atom. The average Bonchev–Trinajstić information content (AvgIpc) is 2.60. The van der Waals surface area contributed by atoms with Crippen LogP contribution in [-0.2, 0) is 0 Å². The van der Waals surface area contributed by atoms with Crippen LogP contribution in [0.15, 0.2) is 48.5 Å². The van der Waals surface area contributed by atoms with E-state index < -0.39 is 0 Å². The predicted octanol–water partition coefficient (Wildman–Crippen LogP) is 2.74. The lowest BCUT2D eigenvalue weighted by Gasteiger charge is -2.23. The summed E-state index contributed by atoms with van der Waals surface area (Å²) in [7, 11) is 7.09. The van der Waals surface area contributed by atoms with Crippen molar-refractivity contribution < 1.29 is 14.3 Å². The number of nitrogens with one attached hydrogen (secondary N) is 1. The van der Waals surface area contributed by atoms with Crippen molar-refractivity contribution >= 4 is 5.91 Å². The first-order valence-corrected chi connectivity index (χ1v) is 7.77. The monoisotopic (exact) mass is 328 g/mol. The molecule has 5 nitrogen and oxygen atoms in total. The van der Waals surface area contributed by atoms with Crippen molar-refractivity contribution in [1.29, 1.82) is 0 Å². The molecule has 0 aliphatic rings. The van der Waals surface area contributed by atoms with Gasteiger partial charge < -0.3 is 19.7 Å². The number of methoxy groups -OCH3 is 2. The van der Waals surface area contributed by atoms with Gasteiger partial charge in [0.2, 0.25) is 0 Å². The number of likely N-dealkylation sites (N-methyl/N-ethyl adjacent to an activating group) is 1. The minimum atomic E-state index is -0.176. The third-order valence-electron chi connectivity index (χ3n) is 3.71. The van der Waals surface area contributed by atoms with Gasteiger partial charge in [-0.3, -0.25) is 4.79 Å². The van der Waals surface area contributed by atoms with Crippen LogP contribution in [0.1, 0.15) is 22.0 Å². The molecule has 1 atom stereocenters. The molecule has 2 aromatic carbocycles. The molecule has 0 heterocycles. The molecule has 128 valence electrons. The Kier molecular flexibility index (Phi) is 6.21. The van der Waals surface area contributed by atoms with Crippen LogP contribution in [-0.4, -0.2) is 45.7 Å². The van der Waals surface area contributed by atoms with Crippen LogP contribution in [0, 0.1) is 0 Å². The van der Waals surface area contributed by atoms with Crippen LogP contribution in [0.25, 0.3) is 0 Å². The summed E-state index contributed by atoms with van der Waals surface area (Å²) in [5, 5.41) is 3.09. The van der Waals surface area contributed by atoms with Gasteiger partial charge >= 0.3 is 0 Å². The Hall–Kier alpha value is -2.53. The highest BCUT2D eigenvalue weighted by atomic mass is 16.5. The molecule has 0 saturated heterocycles. The first-order chi connectivity index (χ1) is 11.5. The third kappa shape index (κ3) is 4.49. The zero-order valence-corrected chi connectivity index (χ0v) is 14.6. The molecule has 24 heavy (non-hydrogen) atoms. The number of carbonyl (C=O) groups excluding carboxylic acids is 1. The van der Waals surface area contributed by atoms with E-state index in [-0.39, 0.29) is 11.9 Å². The summed E-state index contributed by atoms with van der Waals surface area (Å²) in [6, 6.07) is 15.0. The number of hydrogen-bond donors (Lipinski definition) is 1. The number of ether oxygens (including phenoxy) is 2. The third-order valence-corrected chi connectivity index (χ3v) is 3.71. The van der Waals surface area contributed by atoms with Crippen molar-refractivity contribution in [3.05, 3.63) is 59.7 Å². The zero-order valence-electron chi connectivity index (χ0n) is 14.6. The molecule has 2 aromatic rings. The van der Waals surface area contributed by atoms with Gasteiger partial charge in [0.25, 0.3) is 5.91 Å². The predicted molar refractivity (Wildman–Crippen MR) is 94.7 cm³/mol. The van der Waals surface area contributed by atoms with E-state index in [9.17, 15) is 4.79 Å². The molecule has 0 spiro atoms. The molecule has 0 bridgehead atoms. The highest BCUT2D eigenvalue weighted by molar-refractivity contribution is 5.97. The summed E-state index contributed by atoms with van der Waals surface area (Å²) >= 11 is 0. The van der Waals surface area contributed by atoms with Gasteiger partial charge in [-0.05, 0) is 31.8 Å². The van der Waals surface area contributed by atoms with E-state index in [4.69, 9.17) is 9.47 Å². The normalized spacial score (nSPS) is 11.9. The largest absolute Gasteiger partial charge is 0.497 e. The highest BCUT2D eigenvalue weighted by Gasteiger charge is 2.19. The molecular weight excluding hydrogens is 304 g/mol. The maximum absolute atomic E-state index is 12.7. The molecule has 1 amide bonds. The number of hydrogen-bond acceptors (Lipinski definition) is 4. The summed E-state index contributed by atoms with van der Waals surface area (Å²) in [5.41, 5.74) is 1.55. The van der Waals surface area contributed by atoms with Crippen molar-refractivity contribution in [3.63, 3.8) is 0 Å². The van der Waals surface area contributed by atoms with Gasteiger partial charge in [0.15, 0.2) is 0 Å². The fourth-order valence-electron chi connectivity index (χ4n) is 2.51. The molecule has 0 fully saturated rings. The Morgan fingerprint density at radius 1 is 1.08 bits per heavy atom. The first kappa shape index (κ1) is 17.8. The van der Waals surface area contributed by atoms with E-state index in [1.165, 1.54) is 0 Å². The second kappa shape index (κ2) is 8.36. The van der Waals surface area contributed by atoms with Gasteiger partial charge in [-0.15, -0.1) is 0 Å². The van der Waals surface area contributed by atoms with E-state index in [2.05, 4.69) is 5.32 Å². The summed E-state index contributed by atoms with van der Waals surface area (Å²) in [6.07, 6.45) is 0. The second-order valence-electron chi connectivity index (χ2n) is 5.77. The lowest BCUT2D eigenvalue weighted by Crippen LogP contribution is -2.35. The van der Waals surface area contributed by atoms with Crippen LogP contribution < -0.4 is 14.8 Å². The number of amides is 1. The van der Waals surface area contributed by atoms with E-state index in [1.807, 2.05) is 49.3 Å². The Morgan fingerprint density at radius 3 is 2.38 bits per heavy atom. The van der Waals surface area contributed by atoms with Gasteiger partial charge in [0.1, 0.15) is 11.5 Å². The topological polar surface area (TPSA) is 50.8 Å². The van der Waals surface area contributed by atoms with Crippen molar-refractivity contribution in [2.24, 2.45) is 0 Å². The van der Waals surface area contributed by atoms with E-state index >= 15 is 0 Å². The number of nitrogens with zero attached hydrogens (tertiary/aromatic N) is 1. The van der Waals surface area contributed by atoms with Gasteiger partial charge in [0.05, 0.1) is 25.8 Å². The standard InChI is InChI=1S/C19H24N2O3/c1-21(2)13-17(14-8-6-5-7-9-14)20-19(22)16-11-10-15(23-3)12-18(16)24-4/h5-12,17H,13H2,1-4H3,(H,20,22). The summed E-state index contributed by atoms with van der Waals surface area (Å²) in [4.78, 5) is 14.8. The smallest absolute Gasteiger partial charge is 0.255 e. The fourth-order valence-corrected chi connectivity index (χ4v) is 2.51. The number of carbonyl (C=O) groups is 1. The van der Waals surface area contributed by atoms with Crippen molar-refractivity contribution in [2.45, 2.75) is 6.04 Å². The van der Waals surface area contributed by atoms with Gasteiger partial charge in [0, 0.05) is 12.6 Å². The molecular formula is C19H24N2O3. The van der Waals surface area contributed by atoms with Crippen molar-refractivity contribution in [2.75, 3.05) is 34.9 Å². The molecule has 0 radical (unpaired) electrons. The molecule has 2 rings (SSSR count). The van der Waals surface area contributed by atoms with Gasteiger partial charge in [-0.1, -0.05) is 30.3 Å². The van der Waals surface area contributed by atoms with Crippen LogP contribution >= 0.6 is 0 Å². The van der Waals surface area contributed by atoms with E-state index in [0.717, 1.165) is 5.56 Å². The maximum Gasteiger partial charge on any atom is 0.255 e. The lowest BCUT2D eigenvalue weighted by molar-refractivity contribution is 0.0927. The fraction of sp³-hybridized carbons (Fsp3) is 0.316. The van der Waals surface area contributed by atoms with E-state index in [1.54, 1.807) is 32.4 Å². The van der Waals surface area contributed by atoms with Crippen LogP contribution in [0.2, 0.25) is 0 Å². The second-order valence-corrected chi connectivity index (χ2v) is 5.77. The SMILES string of the molecule is COc1ccc(C(=O)NC(CN(C)C)c2ccccc2)c(OC)c1. The zero-order chi connectivity index (χ0) is 17.5. The van der Waals surface area contributed by atoms with E-state index in [0.29, 0.717) is 23.6 Å². The quantitative estimate of drug-likeness (QED) is 0.849. The van der Waals surface area contributed by atoms with Crippen LogP contribution in [0.4, 0.5) is 0 Å². The number of benzene rings is 2. The molecule has 1 unspecified atom stereocenters. The average molecular weight is 328 g/mol. The van der Waals surface area contributed by atoms with Crippen molar-refractivity contribution in [3.8, 4) is 11.5 Å². The van der Waals surface area contributed by atoms with Crippen LogP contribution in [0.5, 0.6) is 11.5 Å². The minimum Gasteiger partial charge on any atom is -0.497 e. The number of rotatable bonds is 7.